The topological polar surface area (TPSA) is 32.3 Å². The van der Waals surface area contributed by atoms with E-state index in [4.69, 9.17) is 0 Å². The summed E-state index contributed by atoms with van der Waals surface area (Å²) in [5.74, 6) is 0.00597. The maximum Gasteiger partial charge on any atom is 0.416 e. The molecule has 0 saturated carbocycles. The fraction of sp³-hybridized carbons (Fsp3) is 0.562. The van der Waals surface area contributed by atoms with Crippen LogP contribution in [0.5, 0.6) is 0 Å². The molecule has 1 amide bonds. The van der Waals surface area contributed by atoms with Crippen LogP contribution in [0.1, 0.15) is 38.2 Å². The van der Waals surface area contributed by atoms with Crippen molar-refractivity contribution in [2.75, 3.05) is 18.4 Å². The van der Waals surface area contributed by atoms with Crippen LogP contribution in [0.15, 0.2) is 24.3 Å². The molecule has 122 valence electrons. The minimum absolute atomic E-state index is 0.00597. The molecule has 1 aromatic rings. The van der Waals surface area contributed by atoms with E-state index in [0.717, 1.165) is 44.4 Å². The number of nitrogens with one attached hydrogen (secondary N) is 1. The van der Waals surface area contributed by atoms with Crippen molar-refractivity contribution in [3.63, 3.8) is 0 Å². The van der Waals surface area contributed by atoms with E-state index < -0.39 is 11.7 Å². The summed E-state index contributed by atoms with van der Waals surface area (Å²) in [6.45, 7) is 2.95. The zero-order valence-electron chi connectivity index (χ0n) is 12.6. The van der Waals surface area contributed by atoms with Crippen molar-refractivity contribution in [2.24, 2.45) is 0 Å². The fourth-order valence-electron chi connectivity index (χ4n) is 2.81. The Labute approximate surface area is 128 Å². The smallest absolute Gasteiger partial charge is 0.376 e. The van der Waals surface area contributed by atoms with E-state index >= 15 is 0 Å². The molecule has 0 spiro atoms. The molecule has 3 nitrogen and oxygen atoms in total. The highest BCUT2D eigenvalue weighted by Gasteiger charge is 2.30. The highest BCUT2D eigenvalue weighted by molar-refractivity contribution is 5.81. The van der Waals surface area contributed by atoms with Crippen LogP contribution in [0.3, 0.4) is 0 Å². The number of rotatable bonds is 4. The summed E-state index contributed by atoms with van der Waals surface area (Å²) in [6.07, 6.45) is -0.206. The second-order valence-corrected chi connectivity index (χ2v) is 5.57. The number of benzene rings is 1. The van der Waals surface area contributed by atoms with Gasteiger partial charge in [0.15, 0.2) is 0 Å². The predicted octanol–water partition coefficient (Wildman–Crippen LogP) is 3.91. The maximum absolute atomic E-state index is 12.5. The lowest BCUT2D eigenvalue weighted by Crippen LogP contribution is -2.45. The van der Waals surface area contributed by atoms with Gasteiger partial charge in [-0.15, -0.1) is 0 Å². The second-order valence-electron chi connectivity index (χ2n) is 5.57. The molecule has 0 aromatic heterocycles. The lowest BCUT2D eigenvalue weighted by Gasteiger charge is -2.35. The first-order valence-electron chi connectivity index (χ1n) is 7.62. The molecule has 0 radical (unpaired) electrons. The Kier molecular flexibility index (Phi) is 5.32. The fourth-order valence-corrected chi connectivity index (χ4v) is 2.81. The van der Waals surface area contributed by atoms with Crippen molar-refractivity contribution in [2.45, 2.75) is 44.8 Å². The quantitative estimate of drug-likeness (QED) is 0.914. The molecule has 1 N–H and O–H groups in total. The molecule has 22 heavy (non-hydrogen) atoms. The zero-order chi connectivity index (χ0) is 16.2. The van der Waals surface area contributed by atoms with E-state index in [1.165, 1.54) is 12.1 Å². The van der Waals surface area contributed by atoms with E-state index in [2.05, 4.69) is 12.2 Å². The van der Waals surface area contributed by atoms with Gasteiger partial charge in [0, 0.05) is 18.3 Å². The van der Waals surface area contributed by atoms with Gasteiger partial charge in [-0.2, -0.15) is 13.2 Å². The molecular formula is C16H21F3N2O. The van der Waals surface area contributed by atoms with Gasteiger partial charge in [0.2, 0.25) is 5.91 Å². The van der Waals surface area contributed by atoms with Gasteiger partial charge in [0.25, 0.3) is 0 Å². The zero-order valence-corrected chi connectivity index (χ0v) is 12.6. The molecule has 2 rings (SSSR count). The Morgan fingerprint density at radius 1 is 1.27 bits per heavy atom. The molecule has 1 fully saturated rings. The number of likely N-dealkylation sites (tertiary alicyclic amines) is 1. The van der Waals surface area contributed by atoms with Crippen molar-refractivity contribution >= 4 is 11.6 Å². The summed E-state index contributed by atoms with van der Waals surface area (Å²) in [4.78, 5) is 14.1. The van der Waals surface area contributed by atoms with Crippen LogP contribution in [0.2, 0.25) is 0 Å². The van der Waals surface area contributed by atoms with Crippen LogP contribution in [-0.2, 0) is 11.0 Å². The Morgan fingerprint density at radius 3 is 2.55 bits per heavy atom. The number of hydrogen-bond acceptors (Lipinski definition) is 2. The summed E-state index contributed by atoms with van der Waals surface area (Å²) in [7, 11) is 0. The monoisotopic (exact) mass is 314 g/mol. The summed E-state index contributed by atoms with van der Waals surface area (Å²) < 4.78 is 37.4. The third-order valence-electron chi connectivity index (χ3n) is 4.07. The molecule has 1 atom stereocenters. The maximum atomic E-state index is 12.5. The molecule has 6 heteroatoms. The van der Waals surface area contributed by atoms with Gasteiger partial charge in [0.1, 0.15) is 0 Å². The van der Waals surface area contributed by atoms with Crippen LogP contribution in [-0.4, -0.2) is 29.9 Å². The van der Waals surface area contributed by atoms with Crippen molar-refractivity contribution in [1.82, 2.24) is 4.90 Å². The first kappa shape index (κ1) is 16.6. The Balaban J connectivity index is 1.90. The van der Waals surface area contributed by atoms with E-state index in [-0.39, 0.29) is 18.5 Å². The number of nitrogens with zero attached hydrogens (tertiary/aromatic N) is 1. The van der Waals surface area contributed by atoms with Crippen molar-refractivity contribution < 1.29 is 18.0 Å². The molecule has 1 aliphatic heterocycles. The van der Waals surface area contributed by atoms with Gasteiger partial charge < -0.3 is 10.2 Å². The molecule has 1 unspecified atom stereocenters. The number of carbonyl (C=O) groups is 1. The summed E-state index contributed by atoms with van der Waals surface area (Å²) in [6, 6.07) is 5.02. The van der Waals surface area contributed by atoms with Gasteiger partial charge in [-0.05, 0) is 49.9 Å². The third-order valence-corrected chi connectivity index (χ3v) is 4.07. The van der Waals surface area contributed by atoms with E-state index in [9.17, 15) is 18.0 Å². The lowest BCUT2D eigenvalue weighted by atomic mass is 10.00. The van der Waals surface area contributed by atoms with Crippen molar-refractivity contribution in [3.05, 3.63) is 29.8 Å². The summed E-state index contributed by atoms with van der Waals surface area (Å²) >= 11 is 0. The van der Waals surface area contributed by atoms with Gasteiger partial charge >= 0.3 is 6.18 Å². The highest BCUT2D eigenvalue weighted by atomic mass is 19.4. The van der Waals surface area contributed by atoms with Crippen LogP contribution < -0.4 is 5.32 Å². The molecular weight excluding hydrogens is 293 g/mol. The summed E-state index contributed by atoms with van der Waals surface area (Å²) in [5, 5.41) is 2.91. The molecule has 0 bridgehead atoms. The number of carbonyl (C=O) groups excluding carboxylic acids is 1. The number of amides is 1. The molecule has 1 saturated heterocycles. The number of alkyl halides is 3. The van der Waals surface area contributed by atoms with Gasteiger partial charge in [-0.1, -0.05) is 6.92 Å². The normalized spacial score (nSPS) is 19.1. The predicted molar refractivity (Wildman–Crippen MR) is 79.6 cm³/mol. The Bertz CT molecular complexity index is 499. The van der Waals surface area contributed by atoms with E-state index in [0.29, 0.717) is 5.69 Å². The average molecular weight is 314 g/mol. The SMILES string of the molecule is CCC1CCCCN1C(=O)CNc1ccc(C(F)(F)F)cc1. The van der Waals surface area contributed by atoms with Gasteiger partial charge in [-0.3, -0.25) is 4.79 Å². The van der Waals surface area contributed by atoms with Gasteiger partial charge in [-0.25, -0.2) is 0 Å². The first-order valence-corrected chi connectivity index (χ1v) is 7.62. The van der Waals surface area contributed by atoms with Crippen LogP contribution in [0.25, 0.3) is 0 Å². The number of anilines is 1. The lowest BCUT2D eigenvalue weighted by molar-refractivity contribution is -0.137. The first-order chi connectivity index (χ1) is 10.4. The molecule has 0 aliphatic carbocycles. The number of hydrogen-bond donors (Lipinski definition) is 1. The van der Waals surface area contributed by atoms with E-state index in [1.54, 1.807) is 0 Å². The highest BCUT2D eigenvalue weighted by Crippen LogP contribution is 2.29. The second kappa shape index (κ2) is 7.03. The minimum Gasteiger partial charge on any atom is -0.376 e. The number of halogens is 3. The summed E-state index contributed by atoms with van der Waals surface area (Å²) in [5.41, 5.74) is -0.169. The average Bonchev–Trinajstić information content (AvgIpc) is 2.52. The standard InChI is InChI=1S/C16H21F3N2O/c1-2-14-5-3-4-10-21(14)15(22)11-20-13-8-6-12(7-9-13)16(17,18)19/h6-9,14,20H,2-5,10-11H2,1H3. The van der Waals surface area contributed by atoms with Crippen LogP contribution >= 0.6 is 0 Å². The van der Waals surface area contributed by atoms with Gasteiger partial charge in [0.05, 0.1) is 12.1 Å². The molecule has 1 heterocycles. The van der Waals surface area contributed by atoms with Crippen molar-refractivity contribution in [3.8, 4) is 0 Å². The Hall–Kier alpha value is -1.72. The largest absolute Gasteiger partial charge is 0.416 e. The Morgan fingerprint density at radius 2 is 1.95 bits per heavy atom. The van der Waals surface area contributed by atoms with Crippen molar-refractivity contribution in [1.29, 1.82) is 0 Å². The third kappa shape index (κ3) is 4.15. The van der Waals surface area contributed by atoms with Crippen LogP contribution in [0.4, 0.5) is 18.9 Å². The molecule has 1 aromatic carbocycles. The minimum atomic E-state index is -4.34. The van der Waals surface area contributed by atoms with E-state index in [1.807, 2.05) is 4.90 Å². The van der Waals surface area contributed by atoms with Crippen LogP contribution in [0, 0.1) is 0 Å². The number of piperidine rings is 1. The molecule has 1 aliphatic rings.